The van der Waals surface area contributed by atoms with Gasteiger partial charge in [-0.15, -0.1) is 0 Å². The van der Waals surface area contributed by atoms with Crippen LogP contribution in [-0.4, -0.2) is 23.8 Å². The van der Waals surface area contributed by atoms with Crippen molar-refractivity contribution in [3.63, 3.8) is 0 Å². The van der Waals surface area contributed by atoms with E-state index in [2.05, 4.69) is 26.8 Å². The first kappa shape index (κ1) is 22.1. The normalized spacial score (nSPS) is 35.5. The van der Waals surface area contributed by atoms with Gasteiger partial charge in [0.15, 0.2) is 0 Å². The largest absolute Gasteiger partial charge is 0.472 e. The summed E-state index contributed by atoms with van der Waals surface area (Å²) in [4.78, 5) is 12.3. The molecule has 6 atom stereocenters. The quantitative estimate of drug-likeness (QED) is 0.480. The summed E-state index contributed by atoms with van der Waals surface area (Å²) in [7, 11) is 0. The fraction of sp³-hybridized carbons (Fsp3) is 0.720. The average molecular weight is 403 g/mol. The molecule has 0 unspecified atom stereocenters. The molecule has 0 amide bonds. The van der Waals surface area contributed by atoms with E-state index in [0.717, 1.165) is 38.5 Å². The van der Waals surface area contributed by atoms with Gasteiger partial charge >= 0.3 is 5.97 Å². The van der Waals surface area contributed by atoms with E-state index in [1.165, 1.54) is 11.1 Å². The van der Waals surface area contributed by atoms with Crippen LogP contribution in [0.5, 0.6) is 0 Å². The summed E-state index contributed by atoms with van der Waals surface area (Å²) in [5.74, 6) is 0.207. The van der Waals surface area contributed by atoms with Gasteiger partial charge in [-0.1, -0.05) is 39.3 Å². The Hall–Kier alpha value is -1.55. The van der Waals surface area contributed by atoms with E-state index < -0.39 is 6.10 Å². The monoisotopic (exact) mass is 402 g/mol. The van der Waals surface area contributed by atoms with Crippen molar-refractivity contribution in [3.05, 3.63) is 35.8 Å². The molecule has 0 aromatic carbocycles. The van der Waals surface area contributed by atoms with Crippen molar-refractivity contribution in [2.24, 2.45) is 28.6 Å². The summed E-state index contributed by atoms with van der Waals surface area (Å²) in [5, 5.41) is 10.9. The van der Waals surface area contributed by atoms with Crippen molar-refractivity contribution >= 4 is 5.97 Å². The van der Waals surface area contributed by atoms with Crippen LogP contribution < -0.4 is 0 Å². The lowest BCUT2D eigenvalue weighted by atomic mass is 9.47. The number of fused-ring (bicyclic) bond motifs is 1. The van der Waals surface area contributed by atoms with Crippen LogP contribution in [0.1, 0.15) is 72.3 Å². The number of aliphatic hydroxyl groups excluding tert-OH is 1. The summed E-state index contributed by atoms with van der Waals surface area (Å²) in [6.45, 7) is 11.2. The standard InChI is InChI=1S/C25H38O4/c1-6-17(2)23(27)29-16-20-21(26)7-8-22-24(4,13-10-19-11-14-28-15-19)18(3)9-12-25(20,22)5/h9,11,14-15,17,20-22,26H,6-8,10,12-13,16H2,1-5H3/t17-,20+,21-,22-,24+,25+/m1/s1. The van der Waals surface area contributed by atoms with Gasteiger partial charge in [-0.2, -0.15) is 0 Å². The maximum absolute atomic E-state index is 12.3. The number of aliphatic hydroxyl groups is 1. The molecule has 1 aromatic rings. The third-order valence-corrected chi connectivity index (χ3v) is 8.31. The highest BCUT2D eigenvalue weighted by Gasteiger charge is 2.56. The lowest BCUT2D eigenvalue weighted by molar-refractivity contribution is -0.161. The number of furan rings is 1. The summed E-state index contributed by atoms with van der Waals surface area (Å²) < 4.78 is 11.0. The summed E-state index contributed by atoms with van der Waals surface area (Å²) in [6.07, 6.45) is 11.1. The highest BCUT2D eigenvalue weighted by molar-refractivity contribution is 5.71. The molecule has 0 radical (unpaired) electrons. The van der Waals surface area contributed by atoms with Crippen LogP contribution in [0.2, 0.25) is 0 Å². The van der Waals surface area contributed by atoms with Crippen molar-refractivity contribution < 1.29 is 19.1 Å². The zero-order valence-corrected chi connectivity index (χ0v) is 18.7. The summed E-state index contributed by atoms with van der Waals surface area (Å²) in [6, 6.07) is 2.05. The van der Waals surface area contributed by atoms with Gasteiger partial charge in [0.05, 0.1) is 31.2 Å². The number of esters is 1. The van der Waals surface area contributed by atoms with Crippen molar-refractivity contribution in [1.29, 1.82) is 0 Å². The predicted octanol–water partition coefficient (Wildman–Crippen LogP) is 5.55. The van der Waals surface area contributed by atoms with Crippen LogP contribution in [0.4, 0.5) is 0 Å². The van der Waals surface area contributed by atoms with E-state index >= 15 is 0 Å². The Morgan fingerprint density at radius 1 is 1.38 bits per heavy atom. The minimum absolute atomic E-state index is 0.0214. The first-order chi connectivity index (χ1) is 13.7. The van der Waals surface area contributed by atoms with Gasteiger partial charge in [0, 0.05) is 5.92 Å². The van der Waals surface area contributed by atoms with Gasteiger partial charge in [0.25, 0.3) is 0 Å². The molecule has 1 N–H and O–H groups in total. The second kappa shape index (κ2) is 8.67. The molecule has 4 heteroatoms. The highest BCUT2D eigenvalue weighted by atomic mass is 16.5. The fourth-order valence-corrected chi connectivity index (χ4v) is 5.78. The van der Waals surface area contributed by atoms with Crippen molar-refractivity contribution in [3.8, 4) is 0 Å². The van der Waals surface area contributed by atoms with E-state index in [1.54, 1.807) is 6.26 Å². The maximum Gasteiger partial charge on any atom is 0.308 e. The molecule has 1 heterocycles. The van der Waals surface area contributed by atoms with Gasteiger partial charge in [-0.25, -0.2) is 0 Å². The molecule has 1 saturated carbocycles. The SMILES string of the molecule is CC[C@@H](C)C(=O)OC[C@H]1[C@H](O)CC[C@H]2[C@@]1(C)CC=C(C)[C@]2(C)CCc1ccoc1. The first-order valence-electron chi connectivity index (χ1n) is 11.3. The number of allylic oxidation sites excluding steroid dienone is 2. The van der Waals surface area contributed by atoms with Crippen LogP contribution in [0.25, 0.3) is 0 Å². The first-order valence-corrected chi connectivity index (χ1v) is 11.3. The minimum Gasteiger partial charge on any atom is -0.472 e. The van der Waals surface area contributed by atoms with Crippen LogP contribution in [0, 0.1) is 28.6 Å². The number of carbonyl (C=O) groups is 1. The Labute approximate surface area is 175 Å². The third-order valence-electron chi connectivity index (χ3n) is 8.31. The molecule has 29 heavy (non-hydrogen) atoms. The fourth-order valence-electron chi connectivity index (χ4n) is 5.78. The van der Waals surface area contributed by atoms with Crippen LogP contribution in [0.3, 0.4) is 0 Å². The van der Waals surface area contributed by atoms with Crippen molar-refractivity contribution in [2.45, 2.75) is 79.2 Å². The Bertz CT molecular complexity index is 721. The Kier molecular flexibility index (Phi) is 6.62. The van der Waals surface area contributed by atoms with Gasteiger partial charge < -0.3 is 14.3 Å². The van der Waals surface area contributed by atoms with E-state index in [9.17, 15) is 9.90 Å². The summed E-state index contributed by atoms with van der Waals surface area (Å²) >= 11 is 0. The van der Waals surface area contributed by atoms with Crippen molar-refractivity contribution in [2.75, 3.05) is 6.61 Å². The highest BCUT2D eigenvalue weighted by Crippen LogP contribution is 2.61. The molecular formula is C25H38O4. The van der Waals surface area contributed by atoms with Gasteiger partial charge in [0.2, 0.25) is 0 Å². The number of hydrogen-bond acceptors (Lipinski definition) is 4. The molecule has 2 aliphatic carbocycles. The number of rotatable bonds is 7. The Balaban J connectivity index is 1.81. The number of ether oxygens (including phenoxy) is 1. The Morgan fingerprint density at radius 2 is 2.14 bits per heavy atom. The molecule has 0 spiro atoms. The number of carbonyl (C=O) groups excluding carboxylic acids is 1. The second-order valence-corrected chi connectivity index (χ2v) is 9.89. The molecule has 4 nitrogen and oxygen atoms in total. The molecule has 0 bridgehead atoms. The molecule has 1 aromatic heterocycles. The third kappa shape index (κ3) is 4.19. The minimum atomic E-state index is -0.411. The average Bonchev–Trinajstić information content (AvgIpc) is 3.22. The van der Waals surface area contributed by atoms with E-state index in [4.69, 9.17) is 9.15 Å². The van der Waals surface area contributed by atoms with Gasteiger partial charge in [-0.3, -0.25) is 4.79 Å². The van der Waals surface area contributed by atoms with Crippen molar-refractivity contribution in [1.82, 2.24) is 0 Å². The van der Waals surface area contributed by atoms with Gasteiger partial charge in [-0.05, 0) is 73.8 Å². The van der Waals surface area contributed by atoms with E-state index in [0.29, 0.717) is 12.5 Å². The predicted molar refractivity (Wildman–Crippen MR) is 114 cm³/mol. The molecule has 1 fully saturated rings. The molecule has 162 valence electrons. The molecule has 3 rings (SSSR count). The number of hydrogen-bond donors (Lipinski definition) is 1. The lowest BCUT2D eigenvalue weighted by Crippen LogP contribution is -2.55. The van der Waals surface area contributed by atoms with Crippen LogP contribution >= 0.6 is 0 Å². The van der Waals surface area contributed by atoms with Crippen LogP contribution in [0.15, 0.2) is 34.7 Å². The maximum atomic E-state index is 12.3. The molecule has 2 aliphatic rings. The number of aryl methyl sites for hydroxylation is 1. The van der Waals surface area contributed by atoms with E-state index in [-0.39, 0.29) is 28.6 Å². The zero-order chi connectivity index (χ0) is 21.2. The second-order valence-electron chi connectivity index (χ2n) is 9.89. The zero-order valence-electron chi connectivity index (χ0n) is 18.7. The van der Waals surface area contributed by atoms with E-state index in [1.807, 2.05) is 26.2 Å². The lowest BCUT2D eigenvalue weighted by Gasteiger charge is -2.58. The Morgan fingerprint density at radius 3 is 2.79 bits per heavy atom. The molecule has 0 aliphatic heterocycles. The topological polar surface area (TPSA) is 59.7 Å². The molecular weight excluding hydrogens is 364 g/mol. The smallest absolute Gasteiger partial charge is 0.308 e. The van der Waals surface area contributed by atoms with Gasteiger partial charge in [0.1, 0.15) is 0 Å². The summed E-state index contributed by atoms with van der Waals surface area (Å²) in [5.41, 5.74) is 2.69. The van der Waals surface area contributed by atoms with Crippen LogP contribution in [-0.2, 0) is 16.0 Å². The molecule has 0 saturated heterocycles.